The van der Waals surface area contributed by atoms with Crippen molar-refractivity contribution in [3.63, 3.8) is 0 Å². The number of ketones is 1. The number of carbonyl (C=O) groups excluding carboxylic acids is 3. The van der Waals surface area contributed by atoms with Gasteiger partial charge in [0.05, 0.1) is 5.69 Å². The van der Waals surface area contributed by atoms with Crippen molar-refractivity contribution >= 4 is 23.4 Å². The van der Waals surface area contributed by atoms with Crippen LogP contribution in [0.2, 0.25) is 0 Å². The fourth-order valence-corrected chi connectivity index (χ4v) is 2.37. The summed E-state index contributed by atoms with van der Waals surface area (Å²) in [6.45, 7) is 0.222. The van der Waals surface area contributed by atoms with Crippen molar-refractivity contribution in [3.8, 4) is 0 Å². The average molecular weight is 309 g/mol. The molecule has 1 fully saturated rings. The molecule has 1 aliphatic rings. The van der Waals surface area contributed by atoms with Crippen LogP contribution in [0.25, 0.3) is 0 Å². The third-order valence-corrected chi connectivity index (χ3v) is 3.55. The summed E-state index contributed by atoms with van der Waals surface area (Å²) in [6, 6.07) is 14.6. The van der Waals surface area contributed by atoms with E-state index in [2.05, 4.69) is 16.0 Å². The highest BCUT2D eigenvalue weighted by Crippen LogP contribution is 2.19. The maximum atomic E-state index is 12.6. The number of nitrogens with one attached hydrogen (secondary N) is 3. The SMILES string of the molecule is O=C1NC[C@@H](C(=O)Nc2ccccc2C(=O)c2ccccc2)N1. The molecule has 116 valence electrons. The molecule has 2 aromatic carbocycles. The summed E-state index contributed by atoms with van der Waals surface area (Å²) in [5, 5.41) is 7.74. The lowest BCUT2D eigenvalue weighted by molar-refractivity contribution is -0.117. The summed E-state index contributed by atoms with van der Waals surface area (Å²) in [5.41, 5.74) is 1.38. The van der Waals surface area contributed by atoms with Crippen LogP contribution in [0.1, 0.15) is 15.9 Å². The zero-order valence-electron chi connectivity index (χ0n) is 12.2. The lowest BCUT2D eigenvalue weighted by Gasteiger charge is -2.13. The maximum Gasteiger partial charge on any atom is 0.315 e. The summed E-state index contributed by atoms with van der Waals surface area (Å²) in [7, 11) is 0. The minimum atomic E-state index is -0.651. The maximum absolute atomic E-state index is 12.6. The predicted octanol–water partition coefficient (Wildman–Crippen LogP) is 1.54. The van der Waals surface area contributed by atoms with Crippen molar-refractivity contribution in [1.29, 1.82) is 0 Å². The van der Waals surface area contributed by atoms with Crippen LogP contribution in [0.4, 0.5) is 10.5 Å². The van der Waals surface area contributed by atoms with E-state index in [1.807, 2.05) is 6.07 Å². The molecule has 6 nitrogen and oxygen atoms in total. The van der Waals surface area contributed by atoms with Crippen LogP contribution in [0.15, 0.2) is 54.6 Å². The van der Waals surface area contributed by atoms with Crippen LogP contribution in [-0.4, -0.2) is 30.3 Å². The first-order chi connectivity index (χ1) is 11.1. The van der Waals surface area contributed by atoms with Crippen molar-refractivity contribution in [2.24, 2.45) is 0 Å². The molecule has 0 unspecified atom stereocenters. The number of rotatable bonds is 4. The molecule has 0 bridgehead atoms. The molecule has 3 amide bonds. The summed E-state index contributed by atoms with van der Waals surface area (Å²) >= 11 is 0. The number of hydrogen-bond donors (Lipinski definition) is 3. The van der Waals surface area contributed by atoms with Gasteiger partial charge in [-0.25, -0.2) is 4.79 Å². The molecule has 0 aliphatic carbocycles. The first-order valence-corrected chi connectivity index (χ1v) is 7.19. The molecule has 0 saturated carbocycles. The van der Waals surface area contributed by atoms with Gasteiger partial charge in [0.25, 0.3) is 0 Å². The van der Waals surface area contributed by atoms with E-state index in [-0.39, 0.29) is 24.3 Å². The van der Waals surface area contributed by atoms with Gasteiger partial charge in [0, 0.05) is 17.7 Å². The van der Waals surface area contributed by atoms with Gasteiger partial charge in [-0.3, -0.25) is 9.59 Å². The highest BCUT2D eigenvalue weighted by molar-refractivity contribution is 6.14. The molecule has 0 radical (unpaired) electrons. The zero-order valence-corrected chi connectivity index (χ0v) is 12.2. The van der Waals surface area contributed by atoms with Crippen molar-refractivity contribution in [2.45, 2.75) is 6.04 Å². The highest BCUT2D eigenvalue weighted by Gasteiger charge is 2.27. The standard InChI is InChI=1S/C17H15N3O3/c21-15(11-6-2-1-3-7-11)12-8-4-5-9-13(12)19-16(22)14-10-18-17(23)20-14/h1-9,14H,10H2,(H,19,22)(H2,18,20,23)/t14-/m0/s1. The molecule has 6 heteroatoms. The van der Waals surface area contributed by atoms with E-state index in [0.717, 1.165) is 0 Å². The molecule has 1 saturated heterocycles. The van der Waals surface area contributed by atoms with Crippen molar-refractivity contribution in [1.82, 2.24) is 10.6 Å². The van der Waals surface area contributed by atoms with Crippen LogP contribution in [-0.2, 0) is 4.79 Å². The molecule has 1 heterocycles. The molecule has 0 aromatic heterocycles. The summed E-state index contributed by atoms with van der Waals surface area (Å²) < 4.78 is 0. The predicted molar refractivity (Wildman–Crippen MR) is 85.3 cm³/mol. The first kappa shape index (κ1) is 14.8. The smallest absolute Gasteiger partial charge is 0.315 e. The third-order valence-electron chi connectivity index (χ3n) is 3.55. The van der Waals surface area contributed by atoms with Gasteiger partial charge >= 0.3 is 6.03 Å². The van der Waals surface area contributed by atoms with E-state index in [0.29, 0.717) is 16.8 Å². The van der Waals surface area contributed by atoms with Crippen LogP contribution in [0.5, 0.6) is 0 Å². The van der Waals surface area contributed by atoms with Gasteiger partial charge < -0.3 is 16.0 Å². The second-order valence-corrected chi connectivity index (χ2v) is 5.14. The van der Waals surface area contributed by atoms with E-state index in [1.54, 1.807) is 48.5 Å². The van der Waals surface area contributed by atoms with Crippen molar-refractivity contribution < 1.29 is 14.4 Å². The Balaban J connectivity index is 1.82. The van der Waals surface area contributed by atoms with Crippen LogP contribution in [0, 0.1) is 0 Å². The van der Waals surface area contributed by atoms with Gasteiger partial charge in [-0.2, -0.15) is 0 Å². The number of hydrogen-bond acceptors (Lipinski definition) is 3. The van der Waals surface area contributed by atoms with Gasteiger partial charge in [-0.05, 0) is 12.1 Å². The number of benzene rings is 2. The largest absolute Gasteiger partial charge is 0.336 e. The Morgan fingerprint density at radius 3 is 2.39 bits per heavy atom. The number of urea groups is 1. The normalized spacial score (nSPS) is 16.3. The minimum Gasteiger partial charge on any atom is -0.336 e. The van der Waals surface area contributed by atoms with Crippen molar-refractivity contribution in [3.05, 3.63) is 65.7 Å². The Morgan fingerprint density at radius 2 is 1.70 bits per heavy atom. The summed E-state index contributed by atoms with van der Waals surface area (Å²) in [4.78, 5) is 35.9. The van der Waals surface area contributed by atoms with E-state index in [4.69, 9.17) is 0 Å². The van der Waals surface area contributed by atoms with Gasteiger partial charge in [0.1, 0.15) is 6.04 Å². The van der Waals surface area contributed by atoms with Crippen LogP contribution < -0.4 is 16.0 Å². The minimum absolute atomic E-state index is 0.171. The quantitative estimate of drug-likeness (QED) is 0.749. The van der Waals surface area contributed by atoms with Gasteiger partial charge in [0.15, 0.2) is 5.78 Å². The van der Waals surface area contributed by atoms with E-state index < -0.39 is 6.04 Å². The summed E-state index contributed by atoms with van der Waals surface area (Å²) in [5.74, 6) is -0.535. The summed E-state index contributed by atoms with van der Waals surface area (Å²) in [6.07, 6.45) is 0. The topological polar surface area (TPSA) is 87.3 Å². The molecule has 23 heavy (non-hydrogen) atoms. The fourth-order valence-electron chi connectivity index (χ4n) is 2.37. The Kier molecular flexibility index (Phi) is 4.05. The number of anilines is 1. The molecular weight excluding hydrogens is 294 g/mol. The Bertz CT molecular complexity index is 759. The lowest BCUT2D eigenvalue weighted by Crippen LogP contribution is -2.38. The lowest BCUT2D eigenvalue weighted by atomic mass is 10.0. The Hall–Kier alpha value is -3.15. The van der Waals surface area contributed by atoms with E-state index in [9.17, 15) is 14.4 Å². The second kappa shape index (κ2) is 6.31. The van der Waals surface area contributed by atoms with Gasteiger partial charge in [-0.15, -0.1) is 0 Å². The molecule has 0 spiro atoms. The van der Waals surface area contributed by atoms with Crippen molar-refractivity contribution in [2.75, 3.05) is 11.9 Å². The zero-order chi connectivity index (χ0) is 16.2. The second-order valence-electron chi connectivity index (χ2n) is 5.14. The molecule has 1 aliphatic heterocycles. The molecule has 2 aromatic rings. The van der Waals surface area contributed by atoms with E-state index in [1.165, 1.54) is 0 Å². The molecule has 3 rings (SSSR count). The Morgan fingerprint density at radius 1 is 1.00 bits per heavy atom. The highest BCUT2D eigenvalue weighted by atomic mass is 16.2. The average Bonchev–Trinajstić information content (AvgIpc) is 3.02. The molecule has 1 atom stereocenters. The number of amides is 3. The number of para-hydroxylation sites is 1. The van der Waals surface area contributed by atoms with Gasteiger partial charge in [0.2, 0.25) is 5.91 Å². The Labute approximate surface area is 132 Å². The van der Waals surface area contributed by atoms with Crippen LogP contribution in [0.3, 0.4) is 0 Å². The third kappa shape index (κ3) is 3.21. The first-order valence-electron chi connectivity index (χ1n) is 7.19. The molecular formula is C17H15N3O3. The van der Waals surface area contributed by atoms with Crippen LogP contribution >= 0.6 is 0 Å². The fraction of sp³-hybridized carbons (Fsp3) is 0.118. The van der Waals surface area contributed by atoms with Gasteiger partial charge in [-0.1, -0.05) is 42.5 Å². The molecule has 3 N–H and O–H groups in total. The van der Waals surface area contributed by atoms with E-state index >= 15 is 0 Å². The monoisotopic (exact) mass is 309 g/mol. The number of carbonyl (C=O) groups is 3.